The lowest BCUT2D eigenvalue weighted by Gasteiger charge is -2.14. The third-order valence-corrected chi connectivity index (χ3v) is 3.67. The van der Waals surface area contributed by atoms with Crippen LogP contribution in [0.15, 0.2) is 53.6 Å². The van der Waals surface area contributed by atoms with E-state index in [1.54, 1.807) is 12.3 Å². The van der Waals surface area contributed by atoms with E-state index >= 15 is 0 Å². The number of aryl methyl sites for hydroxylation is 1. The molecular formula is C12H12N2OS. The molecule has 1 aliphatic rings. The molecular weight excluding hydrogens is 220 g/mol. The zero-order valence-corrected chi connectivity index (χ0v) is 9.75. The highest BCUT2D eigenvalue weighted by Gasteiger charge is 2.21. The van der Waals surface area contributed by atoms with E-state index in [-0.39, 0.29) is 5.84 Å². The smallest absolute Gasteiger partial charge is 0.158 e. The molecule has 3 nitrogen and oxygen atoms in total. The molecule has 82 valence electrons. The molecule has 0 saturated heterocycles. The van der Waals surface area contributed by atoms with Crippen molar-refractivity contribution in [3.63, 3.8) is 0 Å². The molecule has 1 unspecified atom stereocenters. The lowest BCUT2D eigenvalue weighted by Crippen LogP contribution is -2.23. The summed E-state index contributed by atoms with van der Waals surface area (Å²) in [6.45, 7) is 5.67. The van der Waals surface area contributed by atoms with Crippen LogP contribution in [-0.2, 0) is 11.0 Å². The molecule has 1 N–H and O–H groups in total. The second-order valence-corrected chi connectivity index (χ2v) is 4.94. The van der Waals surface area contributed by atoms with Gasteiger partial charge in [0.15, 0.2) is 11.0 Å². The Balaban J connectivity index is 2.27. The van der Waals surface area contributed by atoms with Crippen LogP contribution >= 0.6 is 0 Å². The summed E-state index contributed by atoms with van der Waals surface area (Å²) >= 11 is 0. The summed E-state index contributed by atoms with van der Waals surface area (Å²) in [6.07, 6.45) is 3.31. The summed E-state index contributed by atoms with van der Waals surface area (Å²) in [5.74, 6) is 0.193. The van der Waals surface area contributed by atoms with Gasteiger partial charge in [-0.25, -0.2) is 8.51 Å². The van der Waals surface area contributed by atoms with Crippen LogP contribution in [-0.4, -0.2) is 14.3 Å². The van der Waals surface area contributed by atoms with Crippen LogP contribution in [0, 0.1) is 12.3 Å². The van der Waals surface area contributed by atoms with Gasteiger partial charge in [0.1, 0.15) is 5.84 Å². The molecule has 0 aromatic heterocycles. The van der Waals surface area contributed by atoms with Crippen molar-refractivity contribution < 1.29 is 4.21 Å². The van der Waals surface area contributed by atoms with Crippen molar-refractivity contribution in [1.29, 1.82) is 5.41 Å². The molecule has 0 amide bonds. The highest BCUT2D eigenvalue weighted by molar-refractivity contribution is 7.83. The Morgan fingerprint density at radius 3 is 2.44 bits per heavy atom. The lowest BCUT2D eigenvalue weighted by atomic mass is 10.2. The number of rotatable bonds is 2. The average Bonchev–Trinajstić information content (AvgIpc) is 2.60. The SMILES string of the molecule is C=C1C=CN(S(=O)c2ccc(C)cc2)C1=N. The Kier molecular flexibility index (Phi) is 2.75. The Hall–Kier alpha value is -1.68. The van der Waals surface area contributed by atoms with E-state index < -0.39 is 11.0 Å². The van der Waals surface area contributed by atoms with Crippen LogP contribution < -0.4 is 0 Å². The third-order valence-electron chi connectivity index (χ3n) is 2.34. The number of benzene rings is 1. The van der Waals surface area contributed by atoms with Crippen molar-refractivity contribution in [3.8, 4) is 0 Å². The van der Waals surface area contributed by atoms with E-state index in [1.165, 1.54) is 4.31 Å². The molecule has 1 aromatic carbocycles. The van der Waals surface area contributed by atoms with Gasteiger partial charge in [-0.05, 0) is 25.1 Å². The van der Waals surface area contributed by atoms with Gasteiger partial charge in [-0.1, -0.05) is 24.3 Å². The van der Waals surface area contributed by atoms with E-state index in [0.29, 0.717) is 10.5 Å². The highest BCUT2D eigenvalue weighted by atomic mass is 32.2. The molecule has 2 rings (SSSR count). The quantitative estimate of drug-likeness (QED) is 0.836. The molecule has 1 atom stereocenters. The standard InChI is InChI=1S/C12H12N2OS/c1-9-3-5-11(6-4-9)16(15)14-8-7-10(2)12(14)13/h3-8,13H,2H2,1H3. The zero-order valence-electron chi connectivity index (χ0n) is 8.93. The van der Waals surface area contributed by atoms with Gasteiger partial charge in [0.2, 0.25) is 0 Å². The van der Waals surface area contributed by atoms with Crippen molar-refractivity contribution in [2.24, 2.45) is 0 Å². The molecule has 0 radical (unpaired) electrons. The fourth-order valence-electron chi connectivity index (χ4n) is 1.36. The third kappa shape index (κ3) is 1.84. The molecule has 0 spiro atoms. The van der Waals surface area contributed by atoms with Crippen molar-refractivity contribution in [2.45, 2.75) is 11.8 Å². The monoisotopic (exact) mass is 232 g/mol. The predicted molar refractivity (Wildman–Crippen MR) is 65.4 cm³/mol. The van der Waals surface area contributed by atoms with E-state index in [0.717, 1.165) is 5.56 Å². The molecule has 0 bridgehead atoms. The van der Waals surface area contributed by atoms with Gasteiger partial charge in [-0.15, -0.1) is 0 Å². The maximum atomic E-state index is 12.1. The van der Waals surface area contributed by atoms with Crippen molar-refractivity contribution in [2.75, 3.05) is 0 Å². The second-order valence-electron chi connectivity index (χ2n) is 3.58. The minimum atomic E-state index is -1.36. The summed E-state index contributed by atoms with van der Waals surface area (Å²) < 4.78 is 13.5. The number of hydrogen-bond donors (Lipinski definition) is 1. The van der Waals surface area contributed by atoms with Crippen LogP contribution in [0.5, 0.6) is 0 Å². The summed E-state index contributed by atoms with van der Waals surface area (Å²) in [6, 6.07) is 7.44. The molecule has 1 aromatic rings. The largest absolute Gasteiger partial charge is 0.283 e. The van der Waals surface area contributed by atoms with Crippen LogP contribution in [0.25, 0.3) is 0 Å². The first kappa shape index (κ1) is 10.8. The van der Waals surface area contributed by atoms with Crippen molar-refractivity contribution >= 4 is 16.8 Å². The second kappa shape index (κ2) is 4.06. The normalized spacial score (nSPS) is 16.9. The van der Waals surface area contributed by atoms with Gasteiger partial charge in [0.05, 0.1) is 4.90 Å². The Morgan fingerprint density at radius 1 is 1.31 bits per heavy atom. The van der Waals surface area contributed by atoms with Gasteiger partial charge in [0.25, 0.3) is 0 Å². The van der Waals surface area contributed by atoms with E-state index in [4.69, 9.17) is 5.41 Å². The summed E-state index contributed by atoms with van der Waals surface area (Å²) in [5.41, 5.74) is 1.71. The molecule has 16 heavy (non-hydrogen) atoms. The first-order valence-corrected chi connectivity index (χ1v) is 5.94. The molecule has 1 heterocycles. The van der Waals surface area contributed by atoms with E-state index in [1.807, 2.05) is 31.2 Å². The lowest BCUT2D eigenvalue weighted by molar-refractivity contribution is 0.658. The number of nitrogens with zero attached hydrogens (tertiary/aromatic N) is 1. The van der Waals surface area contributed by atoms with Gasteiger partial charge in [-0.2, -0.15) is 0 Å². The Bertz CT molecular complexity index is 502. The average molecular weight is 232 g/mol. The van der Waals surface area contributed by atoms with Crippen molar-refractivity contribution in [3.05, 3.63) is 54.3 Å². The number of amidine groups is 1. The van der Waals surface area contributed by atoms with E-state index in [9.17, 15) is 4.21 Å². The number of nitrogens with one attached hydrogen (secondary N) is 1. The maximum Gasteiger partial charge on any atom is 0.158 e. The Labute approximate surface area is 97.2 Å². The van der Waals surface area contributed by atoms with Crippen LogP contribution in [0.3, 0.4) is 0 Å². The highest BCUT2D eigenvalue weighted by Crippen LogP contribution is 2.19. The van der Waals surface area contributed by atoms with Crippen LogP contribution in [0.4, 0.5) is 0 Å². The van der Waals surface area contributed by atoms with Gasteiger partial charge >= 0.3 is 0 Å². The zero-order chi connectivity index (χ0) is 11.7. The minimum Gasteiger partial charge on any atom is -0.283 e. The topological polar surface area (TPSA) is 44.2 Å². The maximum absolute atomic E-state index is 12.1. The first-order chi connectivity index (χ1) is 7.59. The molecule has 4 heteroatoms. The molecule has 1 aliphatic heterocycles. The predicted octanol–water partition coefficient (Wildman–Crippen LogP) is 2.38. The van der Waals surface area contributed by atoms with Gasteiger partial charge in [0, 0.05) is 11.8 Å². The first-order valence-electron chi connectivity index (χ1n) is 4.83. The summed E-state index contributed by atoms with van der Waals surface area (Å²) in [4.78, 5) is 0.690. The fourth-order valence-corrected chi connectivity index (χ4v) is 2.41. The summed E-state index contributed by atoms with van der Waals surface area (Å²) in [7, 11) is -1.36. The molecule has 0 saturated carbocycles. The number of hydrogen-bond acceptors (Lipinski definition) is 2. The van der Waals surface area contributed by atoms with Crippen LogP contribution in [0.1, 0.15) is 5.56 Å². The Morgan fingerprint density at radius 2 is 1.94 bits per heavy atom. The fraction of sp³-hybridized carbons (Fsp3) is 0.0833. The van der Waals surface area contributed by atoms with Crippen LogP contribution in [0.2, 0.25) is 0 Å². The summed E-state index contributed by atoms with van der Waals surface area (Å²) in [5, 5.41) is 7.70. The molecule has 0 fully saturated rings. The van der Waals surface area contributed by atoms with Gasteiger partial charge in [-0.3, -0.25) is 5.41 Å². The minimum absolute atomic E-state index is 0.193. The molecule has 0 aliphatic carbocycles. The van der Waals surface area contributed by atoms with Crippen molar-refractivity contribution in [1.82, 2.24) is 4.31 Å². The van der Waals surface area contributed by atoms with Gasteiger partial charge < -0.3 is 0 Å². The van der Waals surface area contributed by atoms with E-state index in [2.05, 4.69) is 6.58 Å².